The molecule has 2 aromatic rings. The highest BCUT2D eigenvalue weighted by Crippen LogP contribution is 2.20. The number of hydrogen-bond acceptors (Lipinski definition) is 8. The second-order valence-corrected chi connectivity index (χ2v) is 5.91. The maximum atomic E-state index is 12.2. The highest BCUT2D eigenvalue weighted by molar-refractivity contribution is 6.16. The lowest BCUT2D eigenvalue weighted by Gasteiger charge is -2.18. The minimum atomic E-state index is -0.677. The second kappa shape index (κ2) is 6.98. The molecule has 10 heteroatoms. The van der Waals surface area contributed by atoms with Crippen LogP contribution >= 0.6 is 0 Å². The number of carbonyl (C=O) groups excluding carboxylic acids is 3. The predicted molar refractivity (Wildman–Crippen MR) is 93.8 cm³/mol. The molecule has 3 rings (SSSR count). The Morgan fingerprint density at radius 2 is 2.00 bits per heavy atom. The quantitative estimate of drug-likeness (QED) is 0.614. The van der Waals surface area contributed by atoms with E-state index < -0.39 is 17.8 Å². The van der Waals surface area contributed by atoms with Crippen molar-refractivity contribution in [3.8, 4) is 5.95 Å². The molecule has 27 heavy (non-hydrogen) atoms. The van der Waals surface area contributed by atoms with Crippen molar-refractivity contribution in [2.45, 2.75) is 27.7 Å². The Kier molecular flexibility index (Phi) is 4.72. The molecule has 0 unspecified atom stereocenters. The molecule has 0 spiro atoms. The van der Waals surface area contributed by atoms with Gasteiger partial charge < -0.3 is 4.74 Å². The van der Waals surface area contributed by atoms with Crippen LogP contribution in [0.3, 0.4) is 0 Å². The lowest BCUT2D eigenvalue weighted by atomic mass is 10.3. The molecular weight excluding hydrogens is 352 g/mol. The van der Waals surface area contributed by atoms with Gasteiger partial charge >= 0.3 is 5.97 Å². The molecule has 3 heterocycles. The van der Waals surface area contributed by atoms with Crippen molar-refractivity contribution >= 4 is 23.6 Å². The molecule has 0 aromatic carbocycles. The summed E-state index contributed by atoms with van der Waals surface area (Å²) in [4.78, 5) is 44.8. The first-order valence-electron chi connectivity index (χ1n) is 8.23. The number of hydrazine groups is 1. The number of carbonyl (C=O) groups is 3. The van der Waals surface area contributed by atoms with Crippen LogP contribution < -0.4 is 5.43 Å². The van der Waals surface area contributed by atoms with Crippen LogP contribution in [-0.2, 0) is 14.3 Å². The zero-order chi connectivity index (χ0) is 19.7. The van der Waals surface area contributed by atoms with Gasteiger partial charge in [-0.3, -0.25) is 15.0 Å². The minimum Gasteiger partial charge on any atom is -0.462 e. The van der Waals surface area contributed by atoms with E-state index in [1.807, 2.05) is 19.9 Å². The highest BCUT2D eigenvalue weighted by Gasteiger charge is 2.30. The zero-order valence-electron chi connectivity index (χ0n) is 15.3. The molecule has 140 valence electrons. The summed E-state index contributed by atoms with van der Waals surface area (Å²) < 4.78 is 6.49. The van der Waals surface area contributed by atoms with Crippen molar-refractivity contribution in [3.05, 3.63) is 40.9 Å². The Bertz CT molecular complexity index is 978. The van der Waals surface area contributed by atoms with Crippen molar-refractivity contribution in [2.75, 3.05) is 12.0 Å². The minimum absolute atomic E-state index is 0.00714. The molecule has 2 aromatic heterocycles. The summed E-state index contributed by atoms with van der Waals surface area (Å²) in [5, 5.41) is 5.08. The Labute approximate surface area is 154 Å². The first-order chi connectivity index (χ1) is 12.8. The molecule has 10 nitrogen and oxygen atoms in total. The average molecular weight is 370 g/mol. The fourth-order valence-corrected chi connectivity index (χ4v) is 2.55. The molecule has 0 radical (unpaired) electrons. The van der Waals surface area contributed by atoms with Crippen LogP contribution in [0.25, 0.3) is 5.95 Å². The first kappa shape index (κ1) is 18.2. The third-order valence-electron chi connectivity index (χ3n) is 3.79. The van der Waals surface area contributed by atoms with Crippen LogP contribution in [0.15, 0.2) is 23.9 Å². The van der Waals surface area contributed by atoms with E-state index in [2.05, 4.69) is 20.5 Å². The predicted octanol–water partition coefficient (Wildman–Crippen LogP) is 1.10. The number of esters is 1. The Morgan fingerprint density at radius 3 is 2.56 bits per heavy atom. The van der Waals surface area contributed by atoms with Gasteiger partial charge in [0.15, 0.2) is 5.82 Å². The third kappa shape index (κ3) is 3.41. The van der Waals surface area contributed by atoms with E-state index in [4.69, 9.17) is 4.74 Å². The van der Waals surface area contributed by atoms with Crippen molar-refractivity contribution < 1.29 is 19.1 Å². The van der Waals surface area contributed by atoms with Gasteiger partial charge in [0.1, 0.15) is 5.56 Å². The summed E-state index contributed by atoms with van der Waals surface area (Å²) in [5.41, 5.74) is 4.43. The van der Waals surface area contributed by atoms with Crippen LogP contribution in [0.4, 0.5) is 5.82 Å². The van der Waals surface area contributed by atoms with E-state index >= 15 is 0 Å². The SMILES string of the molecule is CCOC(=O)c1cnc(-n2nc(C)cc2C)nc1NN1C(=O)C=C(C)C1=O. The van der Waals surface area contributed by atoms with Gasteiger partial charge in [-0.1, -0.05) is 0 Å². The smallest absolute Gasteiger partial charge is 0.343 e. The van der Waals surface area contributed by atoms with Crippen molar-refractivity contribution in [3.63, 3.8) is 0 Å². The summed E-state index contributed by atoms with van der Waals surface area (Å²) in [7, 11) is 0. The molecule has 0 atom stereocenters. The molecule has 0 bridgehead atoms. The molecule has 1 aliphatic rings. The van der Waals surface area contributed by atoms with Crippen LogP contribution in [-0.4, -0.2) is 49.1 Å². The van der Waals surface area contributed by atoms with Crippen LogP contribution in [0.1, 0.15) is 35.6 Å². The molecule has 1 aliphatic heterocycles. The van der Waals surface area contributed by atoms with E-state index in [1.54, 1.807) is 6.92 Å². The number of aromatic nitrogens is 4. The fraction of sp³-hybridized carbons (Fsp3) is 0.294. The van der Waals surface area contributed by atoms with Crippen molar-refractivity contribution in [2.24, 2.45) is 0 Å². The Hall–Kier alpha value is -3.56. The van der Waals surface area contributed by atoms with Gasteiger partial charge in [0.2, 0.25) is 0 Å². The number of ether oxygens (including phenoxy) is 1. The molecule has 0 fully saturated rings. The van der Waals surface area contributed by atoms with E-state index in [9.17, 15) is 14.4 Å². The van der Waals surface area contributed by atoms with Gasteiger partial charge in [-0.05, 0) is 33.8 Å². The molecule has 1 N–H and O–H groups in total. The number of aryl methyl sites for hydroxylation is 2. The molecular formula is C17H18N6O4. The van der Waals surface area contributed by atoms with E-state index in [0.29, 0.717) is 0 Å². The van der Waals surface area contributed by atoms with Crippen molar-refractivity contribution in [1.29, 1.82) is 0 Å². The zero-order valence-corrected chi connectivity index (χ0v) is 15.3. The van der Waals surface area contributed by atoms with E-state index in [-0.39, 0.29) is 29.5 Å². The number of anilines is 1. The number of imide groups is 1. The summed E-state index contributed by atoms with van der Waals surface area (Å²) >= 11 is 0. The molecule has 0 saturated heterocycles. The van der Waals surface area contributed by atoms with Gasteiger partial charge in [-0.15, -0.1) is 0 Å². The lowest BCUT2D eigenvalue weighted by Crippen LogP contribution is -2.37. The van der Waals surface area contributed by atoms with Gasteiger partial charge in [0, 0.05) is 23.5 Å². The summed E-state index contributed by atoms with van der Waals surface area (Å²) in [5.74, 6) is -1.61. The first-order valence-corrected chi connectivity index (χ1v) is 8.23. The maximum Gasteiger partial charge on any atom is 0.343 e. The van der Waals surface area contributed by atoms with Crippen molar-refractivity contribution in [1.82, 2.24) is 24.8 Å². The largest absolute Gasteiger partial charge is 0.462 e. The highest BCUT2D eigenvalue weighted by atomic mass is 16.5. The number of nitrogens with zero attached hydrogens (tertiary/aromatic N) is 5. The monoisotopic (exact) mass is 370 g/mol. The maximum absolute atomic E-state index is 12.2. The summed E-state index contributed by atoms with van der Waals surface area (Å²) in [6, 6.07) is 1.84. The summed E-state index contributed by atoms with van der Waals surface area (Å²) in [6.07, 6.45) is 2.47. The fourth-order valence-electron chi connectivity index (χ4n) is 2.55. The van der Waals surface area contributed by atoms with E-state index in [1.165, 1.54) is 23.9 Å². The number of rotatable bonds is 5. The number of nitrogens with one attached hydrogen (secondary N) is 1. The van der Waals surface area contributed by atoms with Gasteiger partial charge in [0.25, 0.3) is 17.8 Å². The second-order valence-electron chi connectivity index (χ2n) is 5.91. The topological polar surface area (TPSA) is 119 Å². The Balaban J connectivity index is 2.03. The van der Waals surface area contributed by atoms with Crippen LogP contribution in [0.2, 0.25) is 0 Å². The van der Waals surface area contributed by atoms with Gasteiger partial charge in [0.05, 0.1) is 12.3 Å². The molecule has 0 saturated carbocycles. The normalized spacial score (nSPS) is 13.8. The number of amides is 2. The average Bonchev–Trinajstić information content (AvgIpc) is 3.07. The summed E-state index contributed by atoms with van der Waals surface area (Å²) in [6.45, 7) is 6.99. The third-order valence-corrected chi connectivity index (χ3v) is 3.79. The Morgan fingerprint density at radius 1 is 1.26 bits per heavy atom. The number of hydrogen-bond donors (Lipinski definition) is 1. The molecule has 0 aliphatic carbocycles. The van der Waals surface area contributed by atoms with E-state index in [0.717, 1.165) is 16.4 Å². The molecule has 2 amide bonds. The lowest BCUT2D eigenvalue weighted by molar-refractivity contribution is -0.135. The van der Waals surface area contributed by atoms with Gasteiger partial charge in [-0.25, -0.2) is 14.5 Å². The van der Waals surface area contributed by atoms with Gasteiger partial charge in [-0.2, -0.15) is 15.1 Å². The standard InChI is InChI=1S/C17H18N6O4/c1-5-27-16(26)12-8-18-17(22-11(4)7-10(3)20-22)19-14(12)21-23-13(24)6-9(2)15(23)25/h6-8H,5H2,1-4H3,(H,18,19,21). The van der Waals surface area contributed by atoms with Crippen LogP contribution in [0, 0.1) is 13.8 Å². The van der Waals surface area contributed by atoms with Crippen LogP contribution in [0.5, 0.6) is 0 Å².